The van der Waals surface area contributed by atoms with Gasteiger partial charge in [-0.2, -0.15) is 0 Å². The fraction of sp³-hybridized carbons (Fsp3) is 0.500. The molecule has 3 heterocycles. The minimum atomic E-state index is -0.362. The zero-order valence-corrected chi connectivity index (χ0v) is 18.5. The van der Waals surface area contributed by atoms with Crippen LogP contribution in [-0.4, -0.2) is 67.0 Å². The first-order valence-corrected chi connectivity index (χ1v) is 11.3. The van der Waals surface area contributed by atoms with E-state index in [4.69, 9.17) is 14.5 Å². The Kier molecular flexibility index (Phi) is 7.34. The second-order valence-corrected chi connectivity index (χ2v) is 8.49. The van der Waals surface area contributed by atoms with Gasteiger partial charge in [0.05, 0.1) is 30.7 Å². The van der Waals surface area contributed by atoms with Crippen LogP contribution < -0.4 is 10.6 Å². The van der Waals surface area contributed by atoms with Crippen LogP contribution in [0.15, 0.2) is 42.5 Å². The molecular formula is C24H31FN4O3. The Morgan fingerprint density at radius 1 is 1.25 bits per heavy atom. The number of carbonyl (C=O) groups excluding carboxylic acids is 1. The van der Waals surface area contributed by atoms with Crippen LogP contribution >= 0.6 is 0 Å². The molecule has 2 N–H and O–H groups in total. The molecule has 2 aliphatic rings. The van der Waals surface area contributed by atoms with Crippen LogP contribution in [-0.2, 0) is 16.0 Å². The summed E-state index contributed by atoms with van der Waals surface area (Å²) in [5, 5.41) is 5.62. The number of halogens is 1. The van der Waals surface area contributed by atoms with E-state index >= 15 is 0 Å². The highest BCUT2D eigenvalue weighted by Crippen LogP contribution is 2.33. The highest BCUT2D eigenvalue weighted by atomic mass is 19.1. The van der Waals surface area contributed by atoms with Crippen molar-refractivity contribution in [2.45, 2.75) is 38.0 Å². The number of ether oxygens (including phenoxy) is 2. The minimum Gasteiger partial charge on any atom is -0.377 e. The van der Waals surface area contributed by atoms with Crippen LogP contribution in [0.2, 0.25) is 0 Å². The van der Waals surface area contributed by atoms with Gasteiger partial charge in [-0.1, -0.05) is 6.07 Å². The average molecular weight is 443 g/mol. The molecule has 4 rings (SSSR count). The number of urea groups is 1. The number of rotatable bonds is 6. The standard InChI is InChI=1S/C24H31FN4O3/c1-2-26-23(30)27-14-21-10-11-24(32-21)16-29(12-13-31-17-24)15-20-4-3-5-22(28-20)18-6-8-19(25)9-7-18/h3-9,21H,2,10-17H2,1H3,(H2,26,27,30)/t21-,24-/m0/s1. The molecule has 32 heavy (non-hydrogen) atoms. The smallest absolute Gasteiger partial charge is 0.314 e. The first-order valence-electron chi connectivity index (χ1n) is 11.3. The van der Waals surface area contributed by atoms with Crippen molar-refractivity contribution in [3.05, 3.63) is 54.0 Å². The monoisotopic (exact) mass is 442 g/mol. The molecule has 7 nitrogen and oxygen atoms in total. The maximum atomic E-state index is 13.2. The van der Waals surface area contributed by atoms with Crippen LogP contribution in [0.4, 0.5) is 9.18 Å². The van der Waals surface area contributed by atoms with E-state index in [-0.39, 0.29) is 23.6 Å². The molecule has 2 aliphatic heterocycles. The van der Waals surface area contributed by atoms with Crippen molar-refractivity contribution in [3.63, 3.8) is 0 Å². The van der Waals surface area contributed by atoms with Crippen LogP contribution in [0.5, 0.6) is 0 Å². The molecule has 172 valence electrons. The maximum Gasteiger partial charge on any atom is 0.314 e. The van der Waals surface area contributed by atoms with Crippen molar-refractivity contribution < 1.29 is 18.7 Å². The first-order chi connectivity index (χ1) is 15.5. The van der Waals surface area contributed by atoms with E-state index in [1.54, 1.807) is 12.1 Å². The lowest BCUT2D eigenvalue weighted by Gasteiger charge is -2.32. The second kappa shape index (κ2) is 10.4. The molecule has 2 aromatic rings. The van der Waals surface area contributed by atoms with Crippen LogP contribution in [0.3, 0.4) is 0 Å². The fourth-order valence-corrected chi connectivity index (χ4v) is 4.39. The molecule has 0 radical (unpaired) electrons. The van der Waals surface area contributed by atoms with Crippen molar-refractivity contribution in [1.82, 2.24) is 20.5 Å². The van der Waals surface area contributed by atoms with Crippen LogP contribution in [0.25, 0.3) is 11.3 Å². The molecule has 8 heteroatoms. The normalized spacial score (nSPS) is 23.8. The predicted molar refractivity (Wildman–Crippen MR) is 120 cm³/mol. The van der Waals surface area contributed by atoms with Gasteiger partial charge in [-0.15, -0.1) is 0 Å². The summed E-state index contributed by atoms with van der Waals surface area (Å²) >= 11 is 0. The quantitative estimate of drug-likeness (QED) is 0.720. The Labute approximate surface area is 188 Å². The SMILES string of the molecule is CCNC(=O)NC[C@@H]1CC[C@]2(COCCN(Cc3cccc(-c4ccc(F)cc4)n3)C2)O1. The summed E-state index contributed by atoms with van der Waals surface area (Å²) in [5.74, 6) is -0.254. The zero-order chi connectivity index (χ0) is 22.4. The predicted octanol–water partition coefficient (Wildman–Crippen LogP) is 2.96. The van der Waals surface area contributed by atoms with Gasteiger partial charge in [-0.3, -0.25) is 9.88 Å². The highest BCUT2D eigenvalue weighted by Gasteiger charge is 2.43. The van der Waals surface area contributed by atoms with Crippen LogP contribution in [0, 0.1) is 5.82 Å². The van der Waals surface area contributed by atoms with E-state index < -0.39 is 0 Å². The topological polar surface area (TPSA) is 75.7 Å². The van der Waals surface area contributed by atoms with Crippen molar-refractivity contribution in [2.75, 3.05) is 39.4 Å². The lowest BCUT2D eigenvalue weighted by atomic mass is 10.00. The molecule has 2 saturated heterocycles. The third-order valence-electron chi connectivity index (χ3n) is 5.93. The van der Waals surface area contributed by atoms with Gasteiger partial charge in [0.15, 0.2) is 0 Å². The number of nitrogens with one attached hydrogen (secondary N) is 2. The summed E-state index contributed by atoms with van der Waals surface area (Å²) in [6, 6.07) is 12.2. The number of nitrogens with zero attached hydrogens (tertiary/aromatic N) is 2. The Morgan fingerprint density at radius 2 is 2.09 bits per heavy atom. The third kappa shape index (κ3) is 5.82. The Morgan fingerprint density at radius 3 is 2.91 bits per heavy atom. The largest absolute Gasteiger partial charge is 0.377 e. The van der Waals surface area contributed by atoms with Gasteiger partial charge in [-0.05, 0) is 56.2 Å². The Hall–Kier alpha value is -2.55. The van der Waals surface area contributed by atoms with Gasteiger partial charge in [0, 0.05) is 38.3 Å². The van der Waals surface area contributed by atoms with Gasteiger partial charge in [0.25, 0.3) is 0 Å². The molecule has 0 bridgehead atoms. The summed E-state index contributed by atoms with van der Waals surface area (Å²) in [7, 11) is 0. The molecule has 2 atom stereocenters. The van der Waals surface area contributed by atoms with Gasteiger partial charge in [-0.25, -0.2) is 9.18 Å². The second-order valence-electron chi connectivity index (χ2n) is 8.49. The summed E-state index contributed by atoms with van der Waals surface area (Å²) in [5.41, 5.74) is 2.32. The van der Waals surface area contributed by atoms with Gasteiger partial charge >= 0.3 is 6.03 Å². The van der Waals surface area contributed by atoms with E-state index in [0.29, 0.717) is 32.8 Å². The van der Waals surface area contributed by atoms with E-state index in [2.05, 4.69) is 15.5 Å². The Bertz CT molecular complexity index is 910. The number of carbonyl (C=O) groups is 1. The molecule has 0 saturated carbocycles. The van der Waals surface area contributed by atoms with Crippen molar-refractivity contribution in [1.29, 1.82) is 0 Å². The summed E-state index contributed by atoms with van der Waals surface area (Å²) in [6.07, 6.45) is 1.78. The van der Waals surface area contributed by atoms with E-state index in [1.165, 1.54) is 12.1 Å². The van der Waals surface area contributed by atoms with Crippen LogP contribution in [0.1, 0.15) is 25.5 Å². The Balaban J connectivity index is 1.38. The van der Waals surface area contributed by atoms with Crippen molar-refractivity contribution >= 4 is 6.03 Å². The summed E-state index contributed by atoms with van der Waals surface area (Å²) < 4.78 is 25.5. The van der Waals surface area contributed by atoms with Gasteiger partial charge < -0.3 is 20.1 Å². The zero-order valence-electron chi connectivity index (χ0n) is 18.5. The molecule has 2 fully saturated rings. The fourth-order valence-electron chi connectivity index (χ4n) is 4.39. The molecule has 0 unspecified atom stereocenters. The van der Waals surface area contributed by atoms with E-state index in [9.17, 15) is 9.18 Å². The number of hydrogen-bond acceptors (Lipinski definition) is 5. The molecule has 1 aromatic carbocycles. The highest BCUT2D eigenvalue weighted by molar-refractivity contribution is 5.73. The minimum absolute atomic E-state index is 0.0129. The molecule has 1 spiro atoms. The molecule has 1 aromatic heterocycles. The molecule has 2 amide bonds. The summed E-state index contributed by atoms with van der Waals surface area (Å²) in [6.45, 7) is 6.43. The maximum absolute atomic E-state index is 13.2. The van der Waals surface area contributed by atoms with Gasteiger partial charge in [0.1, 0.15) is 11.4 Å². The number of aromatic nitrogens is 1. The number of amides is 2. The average Bonchev–Trinajstić information content (AvgIpc) is 3.08. The van der Waals surface area contributed by atoms with E-state index in [1.807, 2.05) is 25.1 Å². The molecular weight excluding hydrogens is 411 g/mol. The number of hydrogen-bond donors (Lipinski definition) is 2. The van der Waals surface area contributed by atoms with Gasteiger partial charge in [0.2, 0.25) is 0 Å². The summed E-state index contributed by atoms with van der Waals surface area (Å²) in [4.78, 5) is 18.8. The third-order valence-corrected chi connectivity index (χ3v) is 5.93. The number of pyridine rings is 1. The number of benzene rings is 1. The van der Waals surface area contributed by atoms with Crippen molar-refractivity contribution in [2.24, 2.45) is 0 Å². The first kappa shape index (κ1) is 22.6. The lowest BCUT2D eigenvalue weighted by molar-refractivity contribution is -0.0848. The molecule has 0 aliphatic carbocycles. The van der Waals surface area contributed by atoms with Crippen molar-refractivity contribution in [3.8, 4) is 11.3 Å². The van der Waals surface area contributed by atoms with E-state index in [0.717, 1.165) is 42.9 Å². The lowest BCUT2D eigenvalue weighted by Crippen LogP contribution is -2.46.